The fourth-order valence-corrected chi connectivity index (χ4v) is 1.88. The van der Waals surface area contributed by atoms with Gasteiger partial charge in [0.05, 0.1) is 10.6 Å². The molecule has 3 nitrogen and oxygen atoms in total. The van der Waals surface area contributed by atoms with Crippen molar-refractivity contribution < 1.29 is 9.90 Å². The van der Waals surface area contributed by atoms with Gasteiger partial charge in [0, 0.05) is 11.4 Å². The second-order valence-electron chi connectivity index (χ2n) is 2.98. The molecule has 0 saturated carbocycles. The van der Waals surface area contributed by atoms with E-state index in [1.54, 1.807) is 0 Å². The van der Waals surface area contributed by atoms with Crippen molar-refractivity contribution in [1.29, 1.82) is 0 Å². The Hall–Kier alpha value is -0.740. The molecule has 0 aliphatic heterocycles. The molecule has 1 aromatic heterocycles. The molecule has 0 aliphatic carbocycles. The zero-order chi connectivity index (χ0) is 10.7. The molecule has 0 unspecified atom stereocenters. The minimum absolute atomic E-state index is 0.114. The summed E-state index contributed by atoms with van der Waals surface area (Å²) in [5.74, 6) is -1.01. The van der Waals surface area contributed by atoms with Crippen molar-refractivity contribution in [3.63, 3.8) is 0 Å². The van der Waals surface area contributed by atoms with Crippen LogP contribution in [-0.4, -0.2) is 21.3 Å². The molecule has 1 rings (SSSR count). The number of halogens is 1. The Morgan fingerprint density at radius 2 is 2.29 bits per heavy atom. The van der Waals surface area contributed by atoms with Gasteiger partial charge in [-0.1, -0.05) is 25.4 Å². The molecule has 0 radical (unpaired) electrons. The second-order valence-corrected chi connectivity index (χ2v) is 4.96. The van der Waals surface area contributed by atoms with Crippen LogP contribution in [-0.2, 0) is 0 Å². The van der Waals surface area contributed by atoms with Crippen molar-refractivity contribution >= 4 is 29.3 Å². The zero-order valence-electron chi connectivity index (χ0n) is 7.82. The van der Waals surface area contributed by atoms with E-state index in [1.807, 2.05) is 13.8 Å². The monoisotopic (exact) mass is 231 g/mol. The molecule has 1 heterocycles. The van der Waals surface area contributed by atoms with E-state index in [9.17, 15) is 4.79 Å². The van der Waals surface area contributed by atoms with Gasteiger partial charge in [-0.05, 0) is 6.07 Å². The van der Waals surface area contributed by atoms with Gasteiger partial charge in [0.2, 0.25) is 0 Å². The number of rotatable bonds is 3. The fourth-order valence-electron chi connectivity index (χ4n) is 0.852. The Morgan fingerprint density at radius 3 is 2.71 bits per heavy atom. The molecule has 0 aromatic carbocycles. The number of carboxylic acids is 1. The quantitative estimate of drug-likeness (QED) is 0.813. The van der Waals surface area contributed by atoms with Crippen LogP contribution < -0.4 is 0 Å². The first kappa shape index (κ1) is 11.3. The van der Waals surface area contributed by atoms with Crippen molar-refractivity contribution in [1.82, 2.24) is 4.98 Å². The zero-order valence-corrected chi connectivity index (χ0v) is 9.39. The number of thioether (sulfide) groups is 1. The van der Waals surface area contributed by atoms with Gasteiger partial charge in [0.15, 0.2) is 0 Å². The minimum atomic E-state index is -1.01. The number of pyridine rings is 1. The summed E-state index contributed by atoms with van der Waals surface area (Å²) in [6, 6.07) is 1.42. The predicted molar refractivity (Wildman–Crippen MR) is 57.2 cm³/mol. The van der Waals surface area contributed by atoms with E-state index < -0.39 is 5.97 Å². The smallest absolute Gasteiger partial charge is 0.337 e. The largest absolute Gasteiger partial charge is 0.478 e. The van der Waals surface area contributed by atoms with Crippen LogP contribution in [0.3, 0.4) is 0 Å². The SMILES string of the molecule is CC(C)Sc1ncc(C(=O)O)cc1Cl. The summed E-state index contributed by atoms with van der Waals surface area (Å²) in [4.78, 5) is 14.6. The van der Waals surface area contributed by atoms with E-state index in [0.29, 0.717) is 15.3 Å². The molecule has 1 N–H and O–H groups in total. The predicted octanol–water partition coefficient (Wildman–Crippen LogP) is 2.93. The third-order valence-corrected chi connectivity index (χ3v) is 2.82. The average molecular weight is 232 g/mol. The molecule has 14 heavy (non-hydrogen) atoms. The Labute approximate surface area is 91.5 Å². The first-order valence-electron chi connectivity index (χ1n) is 4.06. The number of hydrogen-bond acceptors (Lipinski definition) is 3. The van der Waals surface area contributed by atoms with E-state index in [2.05, 4.69) is 4.98 Å². The number of aromatic carboxylic acids is 1. The first-order chi connectivity index (χ1) is 6.50. The highest BCUT2D eigenvalue weighted by Crippen LogP contribution is 2.28. The van der Waals surface area contributed by atoms with Gasteiger partial charge in [-0.3, -0.25) is 0 Å². The summed E-state index contributed by atoms with van der Waals surface area (Å²) in [6.45, 7) is 4.04. The lowest BCUT2D eigenvalue weighted by Gasteiger charge is -2.05. The summed E-state index contributed by atoms with van der Waals surface area (Å²) >= 11 is 7.38. The van der Waals surface area contributed by atoms with Crippen molar-refractivity contribution in [2.75, 3.05) is 0 Å². The lowest BCUT2D eigenvalue weighted by molar-refractivity contribution is 0.0696. The Kier molecular flexibility index (Phi) is 3.77. The number of carbonyl (C=O) groups is 1. The molecule has 0 aliphatic rings. The van der Waals surface area contributed by atoms with Crippen LogP contribution in [0, 0.1) is 0 Å². The minimum Gasteiger partial charge on any atom is -0.478 e. The van der Waals surface area contributed by atoms with E-state index in [-0.39, 0.29) is 5.56 Å². The van der Waals surface area contributed by atoms with Gasteiger partial charge in [-0.25, -0.2) is 9.78 Å². The van der Waals surface area contributed by atoms with E-state index >= 15 is 0 Å². The molecule has 1 aromatic rings. The van der Waals surface area contributed by atoms with Crippen molar-refractivity contribution in [3.8, 4) is 0 Å². The van der Waals surface area contributed by atoms with Gasteiger partial charge in [0.25, 0.3) is 0 Å². The van der Waals surface area contributed by atoms with Crippen LogP contribution in [0.5, 0.6) is 0 Å². The van der Waals surface area contributed by atoms with Crippen LogP contribution in [0.15, 0.2) is 17.3 Å². The van der Waals surface area contributed by atoms with Gasteiger partial charge in [-0.15, -0.1) is 11.8 Å². The maximum Gasteiger partial charge on any atom is 0.337 e. The van der Waals surface area contributed by atoms with Crippen LogP contribution >= 0.6 is 23.4 Å². The Bertz CT molecular complexity index is 355. The van der Waals surface area contributed by atoms with Crippen LogP contribution in [0.2, 0.25) is 5.02 Å². The highest BCUT2D eigenvalue weighted by Gasteiger charge is 2.09. The lowest BCUT2D eigenvalue weighted by atomic mass is 10.3. The highest BCUT2D eigenvalue weighted by atomic mass is 35.5. The number of hydrogen-bond donors (Lipinski definition) is 1. The van der Waals surface area contributed by atoms with Crippen LogP contribution in [0.1, 0.15) is 24.2 Å². The van der Waals surface area contributed by atoms with Crippen molar-refractivity contribution in [3.05, 3.63) is 22.8 Å². The maximum atomic E-state index is 10.6. The molecule has 0 fully saturated rings. The summed E-state index contributed by atoms with van der Waals surface area (Å²) in [6.07, 6.45) is 1.32. The average Bonchev–Trinajstić information content (AvgIpc) is 2.07. The van der Waals surface area contributed by atoms with Crippen molar-refractivity contribution in [2.24, 2.45) is 0 Å². The topological polar surface area (TPSA) is 50.2 Å². The second kappa shape index (κ2) is 4.66. The summed E-state index contributed by atoms with van der Waals surface area (Å²) in [5, 5.41) is 10.1. The standard InChI is InChI=1S/C9H10ClNO2S/c1-5(2)14-8-7(10)3-6(4-11-8)9(12)13/h3-5H,1-2H3,(H,12,13). The normalized spacial score (nSPS) is 10.6. The number of nitrogens with zero attached hydrogens (tertiary/aromatic N) is 1. The third kappa shape index (κ3) is 2.89. The molecule has 5 heteroatoms. The summed E-state index contributed by atoms with van der Waals surface area (Å²) in [7, 11) is 0. The molecule has 76 valence electrons. The molecule has 0 atom stereocenters. The third-order valence-electron chi connectivity index (χ3n) is 1.40. The molecule has 0 saturated heterocycles. The maximum absolute atomic E-state index is 10.6. The number of aromatic nitrogens is 1. The summed E-state index contributed by atoms with van der Waals surface area (Å²) < 4.78 is 0. The highest BCUT2D eigenvalue weighted by molar-refractivity contribution is 7.99. The van der Waals surface area contributed by atoms with Crippen molar-refractivity contribution in [2.45, 2.75) is 24.1 Å². The molecule has 0 bridgehead atoms. The van der Waals surface area contributed by atoms with Gasteiger partial charge < -0.3 is 5.11 Å². The van der Waals surface area contributed by atoms with E-state index in [1.165, 1.54) is 24.0 Å². The first-order valence-corrected chi connectivity index (χ1v) is 5.32. The van der Waals surface area contributed by atoms with Gasteiger partial charge in [-0.2, -0.15) is 0 Å². The summed E-state index contributed by atoms with van der Waals surface area (Å²) in [5.41, 5.74) is 0.114. The lowest BCUT2D eigenvalue weighted by Crippen LogP contribution is -1.98. The molecule has 0 spiro atoms. The Morgan fingerprint density at radius 1 is 1.64 bits per heavy atom. The van der Waals surface area contributed by atoms with Crippen LogP contribution in [0.25, 0.3) is 0 Å². The van der Waals surface area contributed by atoms with Crippen LogP contribution in [0.4, 0.5) is 0 Å². The molecule has 0 amide bonds. The molecular weight excluding hydrogens is 222 g/mol. The van der Waals surface area contributed by atoms with E-state index in [0.717, 1.165) is 0 Å². The Balaban J connectivity index is 2.95. The van der Waals surface area contributed by atoms with Gasteiger partial charge >= 0.3 is 5.97 Å². The van der Waals surface area contributed by atoms with Gasteiger partial charge in [0.1, 0.15) is 5.03 Å². The van der Waals surface area contributed by atoms with E-state index in [4.69, 9.17) is 16.7 Å². The molecular formula is C9H10ClNO2S. The number of carboxylic acid groups (broad SMARTS) is 1. The fraction of sp³-hybridized carbons (Fsp3) is 0.333.